The van der Waals surface area contributed by atoms with Crippen molar-refractivity contribution in [1.29, 1.82) is 0 Å². The summed E-state index contributed by atoms with van der Waals surface area (Å²) in [6, 6.07) is 9.89. The molecule has 1 aromatic rings. The zero-order valence-electron chi connectivity index (χ0n) is 22.3. The first-order valence-corrected chi connectivity index (χ1v) is 15.7. The fourth-order valence-corrected chi connectivity index (χ4v) is 5.54. The first-order chi connectivity index (χ1) is 16.4. The lowest BCUT2D eigenvalue weighted by atomic mass is 9.90. The van der Waals surface area contributed by atoms with Crippen molar-refractivity contribution < 1.29 is 24.2 Å². The molecule has 2 N–H and O–H groups in total. The van der Waals surface area contributed by atoms with E-state index in [1.54, 1.807) is 0 Å². The molecule has 1 aliphatic carbocycles. The maximum absolute atomic E-state index is 10.6. The fraction of sp³-hybridized carbons (Fsp3) is 0.586. The maximum atomic E-state index is 10.6. The van der Waals surface area contributed by atoms with Crippen molar-refractivity contribution in [3.05, 3.63) is 59.9 Å². The van der Waals surface area contributed by atoms with Crippen LogP contribution in [-0.4, -0.2) is 42.8 Å². The highest BCUT2D eigenvalue weighted by atomic mass is 28.4. The summed E-state index contributed by atoms with van der Waals surface area (Å²) in [6.45, 7) is 13.4. The molecule has 0 spiro atoms. The molecule has 0 heterocycles. The predicted molar refractivity (Wildman–Crippen MR) is 144 cm³/mol. The topological polar surface area (TPSA) is 76.0 Å². The number of carboxylic acid groups (broad SMARTS) is 1. The van der Waals surface area contributed by atoms with E-state index in [1.165, 1.54) is 11.6 Å². The van der Waals surface area contributed by atoms with E-state index in [9.17, 15) is 9.90 Å². The first kappa shape index (κ1) is 29.1. The molecule has 35 heavy (non-hydrogen) atoms. The monoisotopic (exact) mass is 500 g/mol. The molecular formula is C29H44O5Si. The van der Waals surface area contributed by atoms with Gasteiger partial charge in [0.1, 0.15) is 11.9 Å². The summed E-state index contributed by atoms with van der Waals surface area (Å²) in [7, 11) is -2.00. The minimum atomic E-state index is -2.00. The van der Waals surface area contributed by atoms with Crippen molar-refractivity contribution in [2.45, 2.75) is 103 Å². The molecule has 0 radical (unpaired) electrons. The van der Waals surface area contributed by atoms with Crippen molar-refractivity contribution >= 4 is 14.3 Å². The molecule has 0 amide bonds. The number of rotatable bonds is 13. The Morgan fingerprint density at radius 3 is 2.54 bits per heavy atom. The number of ether oxygens (including phenoxy) is 1. The molecule has 0 fully saturated rings. The number of aliphatic carboxylic acids is 1. The average Bonchev–Trinajstić information content (AvgIpc) is 3.12. The van der Waals surface area contributed by atoms with Crippen LogP contribution in [0.5, 0.6) is 5.75 Å². The molecule has 6 heteroatoms. The van der Waals surface area contributed by atoms with Gasteiger partial charge in [-0.25, -0.2) is 0 Å². The third-order valence-electron chi connectivity index (χ3n) is 7.26. The van der Waals surface area contributed by atoms with Gasteiger partial charge < -0.3 is 19.4 Å². The number of para-hydroxylation sites is 1. The number of aliphatic hydroxyl groups is 1. The van der Waals surface area contributed by atoms with Gasteiger partial charge in [0.05, 0.1) is 18.6 Å². The number of hydrogen-bond acceptors (Lipinski definition) is 4. The lowest BCUT2D eigenvalue weighted by Gasteiger charge is -2.41. The summed E-state index contributed by atoms with van der Waals surface area (Å²) < 4.78 is 13.1. The van der Waals surface area contributed by atoms with Crippen molar-refractivity contribution in [2.24, 2.45) is 5.92 Å². The molecule has 194 valence electrons. The molecule has 0 saturated carbocycles. The second kappa shape index (κ2) is 13.3. The summed E-state index contributed by atoms with van der Waals surface area (Å²) in [5, 5.41) is 19.4. The number of hydrogen-bond donors (Lipinski definition) is 2. The fourth-order valence-electron chi connectivity index (χ4n) is 4.12. The summed E-state index contributed by atoms with van der Waals surface area (Å²) in [5.41, 5.74) is 4.22. The van der Waals surface area contributed by atoms with Crippen LogP contribution in [0.4, 0.5) is 0 Å². The van der Waals surface area contributed by atoms with Crippen LogP contribution in [0.25, 0.3) is 0 Å². The molecule has 0 aromatic heterocycles. The summed E-state index contributed by atoms with van der Waals surface area (Å²) in [5.74, 6) is 0.105. The SMILES string of the molecule is CC(Oc1ccccc1)C(CCC1=CC[C@H](O)[C@@H]1CCC=C=CCC(=O)O)O[Si](C)(C)C(C)(C)C. The zero-order chi connectivity index (χ0) is 26.1. The zero-order valence-corrected chi connectivity index (χ0v) is 23.3. The minimum absolute atomic E-state index is 0.0213. The van der Waals surface area contributed by atoms with Crippen molar-refractivity contribution in [3.8, 4) is 5.75 Å². The van der Waals surface area contributed by atoms with Crippen molar-refractivity contribution in [2.75, 3.05) is 0 Å². The van der Waals surface area contributed by atoms with E-state index in [0.29, 0.717) is 6.42 Å². The van der Waals surface area contributed by atoms with Gasteiger partial charge in [-0.1, -0.05) is 50.6 Å². The Balaban J connectivity index is 2.06. The van der Waals surface area contributed by atoms with Crippen LogP contribution in [0.15, 0.2) is 59.9 Å². The molecule has 1 aromatic carbocycles. The first-order valence-electron chi connectivity index (χ1n) is 12.8. The third kappa shape index (κ3) is 9.45. The smallest absolute Gasteiger partial charge is 0.307 e. The van der Waals surface area contributed by atoms with Gasteiger partial charge in [-0.2, -0.15) is 0 Å². The highest BCUT2D eigenvalue weighted by Crippen LogP contribution is 2.39. The predicted octanol–water partition coefficient (Wildman–Crippen LogP) is 6.90. The van der Waals surface area contributed by atoms with Gasteiger partial charge in [-0.15, -0.1) is 5.73 Å². The van der Waals surface area contributed by atoms with Crippen LogP contribution in [-0.2, 0) is 9.22 Å². The van der Waals surface area contributed by atoms with Crippen LogP contribution in [0.3, 0.4) is 0 Å². The highest BCUT2D eigenvalue weighted by molar-refractivity contribution is 6.74. The van der Waals surface area contributed by atoms with Crippen molar-refractivity contribution in [3.63, 3.8) is 0 Å². The normalized spacial score (nSPS) is 19.9. The van der Waals surface area contributed by atoms with E-state index < -0.39 is 14.3 Å². The molecule has 0 saturated heterocycles. The lowest BCUT2D eigenvalue weighted by molar-refractivity contribution is -0.136. The third-order valence-corrected chi connectivity index (χ3v) is 11.8. The van der Waals surface area contributed by atoms with Gasteiger partial charge in [0.25, 0.3) is 0 Å². The molecule has 4 atom stereocenters. The maximum Gasteiger partial charge on any atom is 0.307 e. The van der Waals surface area contributed by atoms with Gasteiger partial charge in [0, 0.05) is 5.92 Å². The van der Waals surface area contributed by atoms with Gasteiger partial charge in [0.2, 0.25) is 0 Å². The van der Waals surface area contributed by atoms with Crippen LogP contribution in [0.2, 0.25) is 18.1 Å². The Bertz CT molecular complexity index is 893. The molecule has 5 nitrogen and oxygen atoms in total. The summed E-state index contributed by atoms with van der Waals surface area (Å²) >= 11 is 0. The minimum Gasteiger partial charge on any atom is -0.488 e. The van der Waals surface area contributed by atoms with Gasteiger partial charge in [-0.05, 0) is 81.4 Å². The second-order valence-corrected chi connectivity index (χ2v) is 15.8. The molecule has 2 rings (SSSR count). The average molecular weight is 501 g/mol. The number of aliphatic hydroxyl groups excluding tert-OH is 1. The Morgan fingerprint density at radius 1 is 1.23 bits per heavy atom. The number of benzene rings is 1. The van der Waals surface area contributed by atoms with Crippen molar-refractivity contribution in [1.82, 2.24) is 0 Å². The van der Waals surface area contributed by atoms with E-state index in [0.717, 1.165) is 31.4 Å². The number of carboxylic acids is 1. The van der Waals surface area contributed by atoms with E-state index in [4.69, 9.17) is 14.3 Å². The van der Waals surface area contributed by atoms with Gasteiger partial charge in [-0.3, -0.25) is 4.79 Å². The molecule has 2 unspecified atom stereocenters. The van der Waals surface area contributed by atoms with Crippen LogP contribution < -0.4 is 4.74 Å². The summed E-state index contributed by atoms with van der Waals surface area (Å²) in [6.07, 6.45) is 9.02. The Kier molecular flexibility index (Phi) is 11.0. The van der Waals surface area contributed by atoms with E-state index in [2.05, 4.69) is 52.6 Å². The van der Waals surface area contributed by atoms with Gasteiger partial charge >= 0.3 is 5.97 Å². The second-order valence-electron chi connectivity index (χ2n) is 11.0. The molecule has 0 aliphatic heterocycles. The van der Waals surface area contributed by atoms with Crippen LogP contribution in [0.1, 0.15) is 66.2 Å². The van der Waals surface area contributed by atoms with Crippen LogP contribution >= 0.6 is 0 Å². The number of carbonyl (C=O) groups is 1. The van der Waals surface area contributed by atoms with E-state index in [1.807, 2.05) is 36.4 Å². The Labute approximate surface area is 212 Å². The standard InChI is InChI=1S/C29H44O5Si/c1-22(33-24-14-10-9-11-15-24)27(34-35(5,6)29(2,3)4)21-19-23-18-20-26(30)25(23)16-12-7-8-13-17-28(31)32/h7,9-11,13-15,18,22,25-27,30H,12,16-17,19-21H2,1-6H3,(H,31,32)/t8?,22?,25-,26+,27?/m1/s1. The molecular weight excluding hydrogens is 456 g/mol. The Hall–Kier alpha value is -2.11. The Morgan fingerprint density at radius 2 is 1.91 bits per heavy atom. The van der Waals surface area contributed by atoms with E-state index in [-0.39, 0.29) is 35.7 Å². The molecule has 1 aliphatic rings. The van der Waals surface area contributed by atoms with Crippen LogP contribution in [0, 0.1) is 5.92 Å². The van der Waals surface area contributed by atoms with Gasteiger partial charge in [0.15, 0.2) is 8.32 Å². The van der Waals surface area contributed by atoms with E-state index >= 15 is 0 Å². The highest BCUT2D eigenvalue weighted by Gasteiger charge is 2.41. The largest absolute Gasteiger partial charge is 0.488 e. The molecule has 0 bridgehead atoms. The summed E-state index contributed by atoms with van der Waals surface area (Å²) in [4.78, 5) is 10.6. The lowest BCUT2D eigenvalue weighted by Crippen LogP contribution is -2.47. The quantitative estimate of drug-likeness (QED) is 0.175.